The van der Waals surface area contributed by atoms with Crippen LogP contribution in [0.3, 0.4) is 0 Å². The Bertz CT molecular complexity index is 1260. The number of hydrogen-bond acceptors (Lipinski definition) is 4. The van der Waals surface area contributed by atoms with Crippen molar-refractivity contribution < 1.29 is 19.1 Å². The maximum Gasteiger partial charge on any atom is 0.337 e. The first-order valence-electron chi connectivity index (χ1n) is 9.30. The van der Waals surface area contributed by atoms with Crippen molar-refractivity contribution in [3.63, 3.8) is 0 Å². The van der Waals surface area contributed by atoms with Gasteiger partial charge >= 0.3 is 5.97 Å². The molecule has 4 rings (SSSR count). The van der Waals surface area contributed by atoms with Crippen LogP contribution in [0.25, 0.3) is 0 Å². The minimum absolute atomic E-state index is 0.0281. The third-order valence-electron chi connectivity index (χ3n) is 4.84. The second-order valence-corrected chi connectivity index (χ2v) is 9.75. The molecule has 1 amide bonds. The van der Waals surface area contributed by atoms with Gasteiger partial charge in [-0.25, -0.2) is 9.18 Å². The van der Waals surface area contributed by atoms with E-state index in [1.54, 1.807) is 6.07 Å². The van der Waals surface area contributed by atoms with Gasteiger partial charge in [0.25, 0.3) is 5.91 Å². The smallest absolute Gasteiger partial charge is 0.337 e. The van der Waals surface area contributed by atoms with Crippen LogP contribution in [-0.2, 0) is 6.42 Å². The number of amides is 1. The van der Waals surface area contributed by atoms with E-state index in [-0.39, 0.29) is 26.7 Å². The molecule has 164 valence electrons. The molecule has 3 aromatic rings. The fourth-order valence-electron chi connectivity index (χ4n) is 3.30. The summed E-state index contributed by atoms with van der Waals surface area (Å²) in [5, 5.41) is 12.5. The molecule has 0 radical (unpaired) electrons. The maximum absolute atomic E-state index is 14.7. The summed E-state index contributed by atoms with van der Waals surface area (Å²) in [7, 11) is 0. The fraction of sp³-hybridized carbons (Fsp3) is 0.0909. The van der Waals surface area contributed by atoms with E-state index in [0.29, 0.717) is 16.0 Å². The Hall–Kier alpha value is -2.26. The Morgan fingerprint density at radius 2 is 1.88 bits per heavy atom. The molecule has 0 saturated heterocycles. The van der Waals surface area contributed by atoms with E-state index in [1.165, 1.54) is 18.2 Å². The van der Waals surface area contributed by atoms with Gasteiger partial charge in [-0.3, -0.25) is 4.79 Å². The average molecular weight is 556 g/mol. The van der Waals surface area contributed by atoms with E-state index in [4.69, 9.17) is 23.2 Å². The average Bonchev–Trinajstić information content (AvgIpc) is 3.12. The lowest BCUT2D eigenvalue weighted by Gasteiger charge is -2.19. The number of benzene rings is 3. The van der Waals surface area contributed by atoms with E-state index in [1.807, 2.05) is 22.5 Å². The monoisotopic (exact) mass is 554 g/mol. The molecule has 32 heavy (non-hydrogen) atoms. The van der Waals surface area contributed by atoms with Crippen LogP contribution < -0.4 is 9.62 Å². The van der Waals surface area contributed by atoms with Crippen molar-refractivity contribution in [2.24, 2.45) is 0 Å². The molecule has 0 aromatic heterocycles. The number of carboxylic acid groups (broad SMARTS) is 1. The van der Waals surface area contributed by atoms with Gasteiger partial charge in [0, 0.05) is 16.0 Å². The second-order valence-electron chi connectivity index (χ2n) is 6.93. The molecule has 10 heteroatoms. The summed E-state index contributed by atoms with van der Waals surface area (Å²) in [6, 6.07) is 12.4. The predicted octanol–water partition coefficient (Wildman–Crippen LogP) is 6.92. The topological polar surface area (TPSA) is 69.6 Å². The van der Waals surface area contributed by atoms with Crippen molar-refractivity contribution in [3.05, 3.63) is 85.6 Å². The van der Waals surface area contributed by atoms with Crippen molar-refractivity contribution in [2.45, 2.75) is 11.3 Å². The van der Waals surface area contributed by atoms with Crippen molar-refractivity contribution >= 4 is 74.3 Å². The molecule has 1 aliphatic rings. The number of anilines is 2. The normalized spacial score (nSPS) is 12.6. The van der Waals surface area contributed by atoms with Crippen LogP contribution in [0.15, 0.2) is 57.9 Å². The first kappa shape index (κ1) is 22.9. The molecule has 0 fully saturated rings. The molecule has 3 aromatic carbocycles. The highest BCUT2D eigenvalue weighted by atomic mass is 79.9. The standard InChI is InChI=1S/C22H14BrCl2FN2O3S/c23-12-2-4-18(15(7-12)22(30)31)27-21(29)14-9-20(17(26)10-16(14)25)32-28-6-5-11-1-3-13(24)8-19(11)28/h1-4,7-10H,5-6H2,(H,27,29)(H,30,31). The summed E-state index contributed by atoms with van der Waals surface area (Å²) in [5.74, 6) is -2.41. The number of aromatic carboxylic acids is 1. The summed E-state index contributed by atoms with van der Waals surface area (Å²) >= 11 is 16.6. The lowest BCUT2D eigenvalue weighted by atomic mass is 10.1. The number of nitrogens with zero attached hydrogens (tertiary/aromatic N) is 1. The van der Waals surface area contributed by atoms with Gasteiger partial charge in [0.15, 0.2) is 0 Å². The summed E-state index contributed by atoms with van der Waals surface area (Å²) in [6.45, 7) is 0.658. The number of rotatable bonds is 5. The van der Waals surface area contributed by atoms with Gasteiger partial charge in [-0.1, -0.05) is 45.2 Å². The van der Waals surface area contributed by atoms with Gasteiger partial charge in [0.1, 0.15) is 5.82 Å². The Morgan fingerprint density at radius 3 is 2.62 bits per heavy atom. The van der Waals surface area contributed by atoms with E-state index in [0.717, 1.165) is 35.7 Å². The van der Waals surface area contributed by atoms with Crippen molar-refractivity contribution in [1.29, 1.82) is 0 Å². The van der Waals surface area contributed by atoms with Gasteiger partial charge in [-0.2, -0.15) is 0 Å². The molecule has 5 nitrogen and oxygen atoms in total. The molecule has 0 bridgehead atoms. The van der Waals surface area contributed by atoms with Crippen molar-refractivity contribution in [1.82, 2.24) is 0 Å². The summed E-state index contributed by atoms with van der Waals surface area (Å²) in [6.07, 6.45) is 0.795. The highest BCUT2D eigenvalue weighted by Gasteiger charge is 2.24. The number of carbonyl (C=O) groups excluding carboxylic acids is 1. The van der Waals surface area contributed by atoms with Crippen LogP contribution >= 0.6 is 51.1 Å². The van der Waals surface area contributed by atoms with E-state index < -0.39 is 17.7 Å². The molecule has 1 heterocycles. The zero-order chi connectivity index (χ0) is 23.0. The summed E-state index contributed by atoms with van der Waals surface area (Å²) < 4.78 is 17.1. The Kier molecular flexibility index (Phi) is 6.67. The Balaban J connectivity index is 1.62. The van der Waals surface area contributed by atoms with E-state index in [2.05, 4.69) is 21.2 Å². The number of hydrogen-bond donors (Lipinski definition) is 2. The molecular weight excluding hydrogens is 542 g/mol. The van der Waals surface area contributed by atoms with Crippen LogP contribution in [-0.4, -0.2) is 23.5 Å². The van der Waals surface area contributed by atoms with Crippen LogP contribution in [0, 0.1) is 5.82 Å². The molecule has 2 N–H and O–H groups in total. The van der Waals surface area contributed by atoms with Gasteiger partial charge < -0.3 is 14.7 Å². The molecule has 0 spiro atoms. The fourth-order valence-corrected chi connectivity index (χ4v) is 5.07. The number of nitrogens with one attached hydrogen (secondary N) is 1. The molecular formula is C22H14BrCl2FN2O3S. The van der Waals surface area contributed by atoms with Crippen molar-refractivity contribution in [2.75, 3.05) is 16.2 Å². The van der Waals surface area contributed by atoms with Crippen molar-refractivity contribution in [3.8, 4) is 0 Å². The lowest BCUT2D eigenvalue weighted by Crippen LogP contribution is -2.16. The van der Waals surface area contributed by atoms with Crippen LogP contribution in [0.4, 0.5) is 15.8 Å². The van der Waals surface area contributed by atoms with Crippen LogP contribution in [0.5, 0.6) is 0 Å². The minimum Gasteiger partial charge on any atom is -0.478 e. The Morgan fingerprint density at radius 1 is 1.09 bits per heavy atom. The maximum atomic E-state index is 14.7. The molecule has 0 atom stereocenters. The van der Waals surface area contributed by atoms with Gasteiger partial charge in [-0.05, 0) is 66.4 Å². The van der Waals surface area contributed by atoms with E-state index in [9.17, 15) is 19.1 Å². The minimum atomic E-state index is -1.20. The van der Waals surface area contributed by atoms with Crippen LogP contribution in [0.2, 0.25) is 10.0 Å². The highest BCUT2D eigenvalue weighted by molar-refractivity contribution is 9.10. The van der Waals surface area contributed by atoms with Gasteiger partial charge in [0.05, 0.1) is 32.4 Å². The van der Waals surface area contributed by atoms with Crippen LogP contribution in [0.1, 0.15) is 26.3 Å². The summed E-state index contributed by atoms with van der Waals surface area (Å²) in [4.78, 5) is 24.6. The largest absolute Gasteiger partial charge is 0.478 e. The SMILES string of the molecule is O=C(Nc1ccc(Br)cc1C(=O)O)c1cc(SN2CCc3ccc(Cl)cc32)c(F)cc1Cl. The zero-order valence-electron chi connectivity index (χ0n) is 16.2. The zero-order valence-corrected chi connectivity index (χ0v) is 20.1. The highest BCUT2D eigenvalue weighted by Crippen LogP contribution is 2.39. The number of fused-ring (bicyclic) bond motifs is 1. The third kappa shape index (κ3) is 4.73. The summed E-state index contributed by atoms with van der Waals surface area (Å²) in [5.41, 5.74) is 2.03. The van der Waals surface area contributed by atoms with E-state index >= 15 is 0 Å². The molecule has 1 aliphatic heterocycles. The second kappa shape index (κ2) is 9.31. The third-order valence-corrected chi connectivity index (χ3v) is 6.99. The molecule has 0 saturated carbocycles. The first-order valence-corrected chi connectivity index (χ1v) is 11.6. The molecule has 0 aliphatic carbocycles. The number of carbonyl (C=O) groups is 2. The van der Waals surface area contributed by atoms with Gasteiger partial charge in [0.2, 0.25) is 0 Å². The first-order chi connectivity index (χ1) is 15.2. The number of halogens is 4. The molecule has 0 unspecified atom stereocenters. The van der Waals surface area contributed by atoms with Gasteiger partial charge in [-0.15, -0.1) is 0 Å². The number of carboxylic acids is 1. The predicted molar refractivity (Wildman–Crippen MR) is 129 cm³/mol. The Labute approximate surface area is 205 Å². The quantitative estimate of drug-likeness (QED) is 0.334. The lowest BCUT2D eigenvalue weighted by molar-refractivity contribution is 0.0698.